The van der Waals surface area contributed by atoms with Crippen molar-refractivity contribution in [2.45, 2.75) is 78.6 Å². The number of aliphatic carboxylic acids is 1. The van der Waals surface area contributed by atoms with Crippen molar-refractivity contribution in [3.63, 3.8) is 0 Å². The van der Waals surface area contributed by atoms with Gasteiger partial charge in [0.25, 0.3) is 0 Å². The number of hydrogen-bond donors (Lipinski definition) is 2. The van der Waals surface area contributed by atoms with Crippen LogP contribution in [0.25, 0.3) is 0 Å². The van der Waals surface area contributed by atoms with Crippen molar-refractivity contribution in [1.29, 1.82) is 0 Å². The summed E-state index contributed by atoms with van der Waals surface area (Å²) in [4.78, 5) is 42.1. The van der Waals surface area contributed by atoms with Crippen LogP contribution in [0, 0.1) is 17.8 Å². The largest absolute Gasteiger partial charge is 0.481 e. The maximum atomic E-state index is 13.8. The number of methoxy groups -OCH3 is 1. The maximum absolute atomic E-state index is 13.8. The number of carbonyl (C=O) groups excluding carboxylic acids is 2. The Morgan fingerprint density at radius 3 is 1.83 bits per heavy atom. The number of likely N-dealkylation sites (N-methyl/N-ethyl adjacent to an activating group) is 2. The molecule has 8 nitrogen and oxygen atoms in total. The molecule has 0 fully saturated rings. The second kappa shape index (κ2) is 13.0. The van der Waals surface area contributed by atoms with E-state index in [-0.39, 0.29) is 36.0 Å². The van der Waals surface area contributed by atoms with E-state index in [4.69, 9.17) is 4.74 Å². The second-order valence-corrected chi connectivity index (χ2v) is 8.96. The lowest BCUT2D eigenvalue weighted by Gasteiger charge is -2.43. The van der Waals surface area contributed by atoms with Gasteiger partial charge in [-0.25, -0.2) is 0 Å². The van der Waals surface area contributed by atoms with Gasteiger partial charge in [-0.2, -0.15) is 0 Å². The predicted molar refractivity (Wildman–Crippen MR) is 118 cm³/mol. The number of carboxylic acids is 1. The van der Waals surface area contributed by atoms with Crippen LogP contribution in [0.3, 0.4) is 0 Å². The average molecular weight is 430 g/mol. The predicted octanol–water partition coefficient (Wildman–Crippen LogP) is 2.08. The normalized spacial score (nSPS) is 17.0. The van der Waals surface area contributed by atoms with Crippen LogP contribution in [-0.4, -0.2) is 85.2 Å². The number of nitrogens with one attached hydrogen (secondary N) is 1. The second-order valence-electron chi connectivity index (χ2n) is 8.96. The molecule has 0 aromatic rings. The highest BCUT2D eigenvalue weighted by atomic mass is 16.5. The monoisotopic (exact) mass is 429 g/mol. The summed E-state index contributed by atoms with van der Waals surface area (Å²) < 4.78 is 5.54. The average Bonchev–Trinajstić information content (AvgIpc) is 2.62. The standard InChI is InChI=1S/C22H43N3O5/c1-11-15(6)20(16(30-10)12-17(26)27)25(21(28)18(23-7)13(2)3)22(29)19(14(4)5)24(8)9/h13-16,18-20,23H,11-12H2,1-10H3,(H,26,27)/t15?,16?,18-,19-,20?/m0/s1. The molecule has 0 aromatic heterocycles. The van der Waals surface area contributed by atoms with Gasteiger partial charge in [-0.3, -0.25) is 24.2 Å². The Morgan fingerprint density at radius 1 is 1.00 bits per heavy atom. The summed E-state index contributed by atoms with van der Waals surface area (Å²) in [5, 5.41) is 12.4. The lowest BCUT2D eigenvalue weighted by atomic mass is 9.88. The third kappa shape index (κ3) is 7.32. The minimum absolute atomic E-state index is 0.0343. The molecule has 176 valence electrons. The zero-order valence-electron chi connectivity index (χ0n) is 20.4. The number of carboxylic acid groups (broad SMARTS) is 1. The fourth-order valence-corrected chi connectivity index (χ4v) is 4.08. The minimum Gasteiger partial charge on any atom is -0.481 e. The van der Waals surface area contributed by atoms with Crippen LogP contribution in [0.2, 0.25) is 0 Å². The first-order valence-corrected chi connectivity index (χ1v) is 10.8. The van der Waals surface area contributed by atoms with Crippen molar-refractivity contribution in [3.8, 4) is 0 Å². The van der Waals surface area contributed by atoms with E-state index in [9.17, 15) is 19.5 Å². The highest BCUT2D eigenvalue weighted by molar-refractivity contribution is 6.00. The van der Waals surface area contributed by atoms with Crippen molar-refractivity contribution in [2.24, 2.45) is 17.8 Å². The van der Waals surface area contributed by atoms with Gasteiger partial charge < -0.3 is 15.2 Å². The first-order valence-electron chi connectivity index (χ1n) is 10.8. The van der Waals surface area contributed by atoms with Crippen LogP contribution in [0.4, 0.5) is 0 Å². The van der Waals surface area contributed by atoms with E-state index < -0.39 is 30.2 Å². The molecule has 0 saturated carbocycles. The van der Waals surface area contributed by atoms with Gasteiger partial charge in [0, 0.05) is 7.11 Å². The molecule has 3 unspecified atom stereocenters. The van der Waals surface area contributed by atoms with Gasteiger partial charge in [0.2, 0.25) is 11.8 Å². The molecule has 0 spiro atoms. The summed E-state index contributed by atoms with van der Waals surface area (Å²) in [5.41, 5.74) is 0. The van der Waals surface area contributed by atoms with Crippen molar-refractivity contribution >= 4 is 17.8 Å². The number of ether oxygens (including phenoxy) is 1. The van der Waals surface area contributed by atoms with E-state index in [0.29, 0.717) is 6.42 Å². The van der Waals surface area contributed by atoms with Crippen molar-refractivity contribution in [2.75, 3.05) is 28.3 Å². The summed E-state index contributed by atoms with van der Waals surface area (Å²) >= 11 is 0. The summed E-state index contributed by atoms with van der Waals surface area (Å²) in [5.74, 6) is -1.92. The molecule has 2 amide bonds. The lowest BCUT2D eigenvalue weighted by Crippen LogP contribution is -2.63. The molecule has 0 saturated heterocycles. The molecule has 0 aliphatic heterocycles. The Kier molecular flexibility index (Phi) is 12.4. The minimum atomic E-state index is -1.03. The van der Waals surface area contributed by atoms with E-state index in [1.165, 1.54) is 12.0 Å². The lowest BCUT2D eigenvalue weighted by molar-refractivity contribution is -0.162. The van der Waals surface area contributed by atoms with Gasteiger partial charge in [-0.15, -0.1) is 0 Å². The van der Waals surface area contributed by atoms with E-state index >= 15 is 0 Å². The van der Waals surface area contributed by atoms with Crippen LogP contribution >= 0.6 is 0 Å². The number of imide groups is 1. The molecule has 2 N–H and O–H groups in total. The fraction of sp³-hybridized carbons (Fsp3) is 0.864. The Labute approximate surface area is 182 Å². The quantitative estimate of drug-likeness (QED) is 0.462. The van der Waals surface area contributed by atoms with Gasteiger partial charge >= 0.3 is 5.97 Å². The Hall–Kier alpha value is -1.51. The number of rotatable bonds is 13. The third-order valence-electron chi connectivity index (χ3n) is 5.74. The van der Waals surface area contributed by atoms with Crippen LogP contribution < -0.4 is 5.32 Å². The van der Waals surface area contributed by atoms with Crippen molar-refractivity contribution in [1.82, 2.24) is 15.1 Å². The fourth-order valence-electron chi connectivity index (χ4n) is 4.08. The highest BCUT2D eigenvalue weighted by Gasteiger charge is 2.44. The molecular formula is C22H43N3O5. The Morgan fingerprint density at radius 2 is 1.53 bits per heavy atom. The maximum Gasteiger partial charge on any atom is 0.306 e. The molecule has 0 bridgehead atoms. The topological polar surface area (TPSA) is 99.2 Å². The van der Waals surface area contributed by atoms with Crippen LogP contribution in [-0.2, 0) is 19.1 Å². The third-order valence-corrected chi connectivity index (χ3v) is 5.74. The molecule has 0 heterocycles. The molecule has 0 aliphatic rings. The van der Waals surface area contributed by atoms with Crippen molar-refractivity contribution in [3.05, 3.63) is 0 Å². The molecular weight excluding hydrogens is 386 g/mol. The van der Waals surface area contributed by atoms with Crippen LogP contribution in [0.5, 0.6) is 0 Å². The highest BCUT2D eigenvalue weighted by Crippen LogP contribution is 2.27. The van der Waals surface area contributed by atoms with E-state index in [1.54, 1.807) is 7.05 Å². The SMILES string of the molecule is CCC(C)C(C(CC(=O)O)OC)N(C(=O)[C@@H](NC)C(C)C)C(=O)[C@H](C(C)C)N(C)C. The summed E-state index contributed by atoms with van der Waals surface area (Å²) in [6.45, 7) is 11.6. The Bertz CT molecular complexity index is 557. The molecule has 0 aliphatic carbocycles. The van der Waals surface area contributed by atoms with Gasteiger partial charge in [0.15, 0.2) is 0 Å². The molecule has 8 heteroatoms. The Balaban J connectivity index is 6.66. The first-order chi connectivity index (χ1) is 13.8. The molecule has 0 rings (SSSR count). The molecule has 5 atom stereocenters. The number of hydrogen-bond acceptors (Lipinski definition) is 6. The van der Waals surface area contributed by atoms with Gasteiger partial charge in [-0.05, 0) is 38.9 Å². The zero-order valence-corrected chi connectivity index (χ0v) is 20.4. The van der Waals surface area contributed by atoms with E-state index in [2.05, 4.69) is 5.32 Å². The smallest absolute Gasteiger partial charge is 0.306 e. The van der Waals surface area contributed by atoms with Gasteiger partial charge in [0.1, 0.15) is 0 Å². The molecule has 30 heavy (non-hydrogen) atoms. The number of nitrogens with zero attached hydrogens (tertiary/aromatic N) is 2. The van der Waals surface area contributed by atoms with Crippen LogP contribution in [0.1, 0.15) is 54.4 Å². The zero-order chi connectivity index (χ0) is 23.8. The van der Waals surface area contributed by atoms with E-state index in [1.807, 2.05) is 60.5 Å². The summed E-state index contributed by atoms with van der Waals surface area (Å²) in [6, 6.07) is -1.78. The molecule has 0 aromatic carbocycles. The summed E-state index contributed by atoms with van der Waals surface area (Å²) in [6.07, 6.45) is -0.422. The summed E-state index contributed by atoms with van der Waals surface area (Å²) in [7, 11) is 6.75. The number of carbonyl (C=O) groups is 3. The van der Waals surface area contributed by atoms with Crippen molar-refractivity contribution < 1.29 is 24.2 Å². The number of amides is 2. The van der Waals surface area contributed by atoms with Gasteiger partial charge in [-0.1, -0.05) is 48.0 Å². The van der Waals surface area contributed by atoms with Gasteiger partial charge in [0.05, 0.1) is 30.7 Å². The first kappa shape index (κ1) is 28.5. The molecule has 0 radical (unpaired) electrons. The van der Waals surface area contributed by atoms with Crippen LogP contribution in [0.15, 0.2) is 0 Å². The van der Waals surface area contributed by atoms with E-state index in [0.717, 1.165) is 0 Å².